The topological polar surface area (TPSA) is 79.9 Å². The van der Waals surface area contributed by atoms with Crippen LogP contribution in [0.2, 0.25) is 0 Å². The van der Waals surface area contributed by atoms with Gasteiger partial charge in [-0.1, -0.05) is 11.6 Å². The highest BCUT2D eigenvalue weighted by molar-refractivity contribution is 8.00. The Morgan fingerprint density at radius 1 is 1.43 bits per heavy atom. The van der Waals surface area contributed by atoms with Crippen molar-refractivity contribution in [3.63, 3.8) is 0 Å². The lowest BCUT2D eigenvalue weighted by molar-refractivity contribution is 0.295. The Balaban J connectivity index is 1.67. The Morgan fingerprint density at radius 3 is 2.67 bits per heavy atom. The standard InChI is InChI=1S/C15H23N3O2S/c1-21-15(7-2-8-15)11-17-9-10-20-13-5-3-12(4-6-13)14(16)18-19/h3-6,17,19H,2,7-11H2,1H3,(H2,16,18). The van der Waals surface area contributed by atoms with Crippen molar-refractivity contribution in [2.75, 3.05) is 26.0 Å². The third-order valence-electron chi connectivity index (χ3n) is 3.95. The number of oxime groups is 1. The Morgan fingerprint density at radius 2 is 2.14 bits per heavy atom. The molecule has 0 atom stereocenters. The van der Waals surface area contributed by atoms with E-state index in [1.165, 1.54) is 19.3 Å². The van der Waals surface area contributed by atoms with Gasteiger partial charge in [-0.15, -0.1) is 0 Å². The van der Waals surface area contributed by atoms with E-state index in [0.717, 1.165) is 18.8 Å². The van der Waals surface area contributed by atoms with Gasteiger partial charge in [0, 0.05) is 23.4 Å². The Bertz CT molecular complexity index is 467. The van der Waals surface area contributed by atoms with Crippen LogP contribution in [-0.4, -0.2) is 41.7 Å². The van der Waals surface area contributed by atoms with Crippen LogP contribution in [-0.2, 0) is 0 Å². The van der Waals surface area contributed by atoms with Gasteiger partial charge >= 0.3 is 0 Å². The van der Waals surface area contributed by atoms with E-state index in [2.05, 4.69) is 16.7 Å². The monoisotopic (exact) mass is 309 g/mol. The first-order chi connectivity index (χ1) is 10.2. The predicted octanol–water partition coefficient (Wildman–Crippen LogP) is 2.04. The second kappa shape index (κ2) is 7.56. The van der Waals surface area contributed by atoms with Crippen molar-refractivity contribution >= 4 is 17.6 Å². The molecule has 0 aliphatic heterocycles. The number of nitrogens with two attached hydrogens (primary N) is 1. The number of ether oxygens (including phenoxy) is 1. The second-order valence-electron chi connectivity index (χ2n) is 5.28. The Hall–Kier alpha value is -1.40. The van der Waals surface area contributed by atoms with Gasteiger partial charge in [0.15, 0.2) is 5.84 Å². The second-order valence-corrected chi connectivity index (χ2v) is 6.55. The lowest BCUT2D eigenvalue weighted by atomic mass is 9.84. The van der Waals surface area contributed by atoms with Gasteiger partial charge in [0.1, 0.15) is 12.4 Å². The summed E-state index contributed by atoms with van der Waals surface area (Å²) in [5.41, 5.74) is 6.18. The molecular formula is C15H23N3O2S. The van der Waals surface area contributed by atoms with Crippen LogP contribution in [0.5, 0.6) is 5.75 Å². The van der Waals surface area contributed by atoms with Crippen molar-refractivity contribution in [2.24, 2.45) is 10.9 Å². The first-order valence-electron chi connectivity index (χ1n) is 7.16. The molecule has 0 aromatic heterocycles. The number of hydrogen-bond acceptors (Lipinski definition) is 5. The molecule has 0 amide bonds. The zero-order chi connectivity index (χ0) is 15.1. The minimum Gasteiger partial charge on any atom is -0.492 e. The number of nitrogens with zero attached hydrogens (tertiary/aromatic N) is 1. The maximum absolute atomic E-state index is 8.59. The molecule has 0 unspecified atom stereocenters. The number of hydrogen-bond donors (Lipinski definition) is 3. The SMILES string of the molecule is CSC1(CNCCOc2ccc(/C(N)=N/O)cc2)CCC1. The lowest BCUT2D eigenvalue weighted by Crippen LogP contribution is -2.44. The molecule has 1 aliphatic rings. The highest BCUT2D eigenvalue weighted by atomic mass is 32.2. The maximum Gasteiger partial charge on any atom is 0.170 e. The molecule has 21 heavy (non-hydrogen) atoms. The van der Waals surface area contributed by atoms with E-state index in [-0.39, 0.29) is 5.84 Å². The summed E-state index contributed by atoms with van der Waals surface area (Å²) in [4.78, 5) is 0. The molecule has 1 aromatic carbocycles. The van der Waals surface area contributed by atoms with Crippen LogP contribution in [0.25, 0.3) is 0 Å². The van der Waals surface area contributed by atoms with Gasteiger partial charge in [0.05, 0.1) is 0 Å². The van der Waals surface area contributed by atoms with Crippen molar-refractivity contribution in [1.29, 1.82) is 0 Å². The van der Waals surface area contributed by atoms with Gasteiger partial charge in [-0.25, -0.2) is 0 Å². The van der Waals surface area contributed by atoms with E-state index >= 15 is 0 Å². The average molecular weight is 309 g/mol. The van der Waals surface area contributed by atoms with E-state index in [1.807, 2.05) is 23.9 Å². The lowest BCUT2D eigenvalue weighted by Gasteiger charge is -2.40. The van der Waals surface area contributed by atoms with Gasteiger partial charge < -0.3 is 21.0 Å². The first kappa shape index (κ1) is 16.0. The third kappa shape index (κ3) is 4.28. The number of benzene rings is 1. The van der Waals surface area contributed by atoms with Crippen molar-refractivity contribution in [3.05, 3.63) is 29.8 Å². The molecule has 0 bridgehead atoms. The first-order valence-corrected chi connectivity index (χ1v) is 8.38. The van der Waals surface area contributed by atoms with Crippen molar-refractivity contribution in [2.45, 2.75) is 24.0 Å². The zero-order valence-corrected chi connectivity index (χ0v) is 13.2. The van der Waals surface area contributed by atoms with Crippen molar-refractivity contribution in [1.82, 2.24) is 5.32 Å². The number of rotatable bonds is 8. The zero-order valence-electron chi connectivity index (χ0n) is 12.3. The summed E-state index contributed by atoms with van der Waals surface area (Å²) in [5, 5.41) is 15.0. The van der Waals surface area contributed by atoms with E-state index < -0.39 is 0 Å². The molecule has 1 aromatic rings. The fraction of sp³-hybridized carbons (Fsp3) is 0.533. The molecule has 6 heteroatoms. The summed E-state index contributed by atoms with van der Waals surface area (Å²) in [5.74, 6) is 0.889. The van der Waals surface area contributed by atoms with Gasteiger partial charge in [0.2, 0.25) is 0 Å². The van der Waals surface area contributed by atoms with Crippen molar-refractivity contribution in [3.8, 4) is 5.75 Å². The van der Waals surface area contributed by atoms with Gasteiger partial charge in [-0.3, -0.25) is 0 Å². The van der Waals surface area contributed by atoms with E-state index in [1.54, 1.807) is 12.1 Å². The molecule has 0 heterocycles. The molecule has 5 nitrogen and oxygen atoms in total. The van der Waals surface area contributed by atoms with Gasteiger partial charge in [-0.2, -0.15) is 11.8 Å². The predicted molar refractivity (Wildman–Crippen MR) is 87.4 cm³/mol. The summed E-state index contributed by atoms with van der Waals surface area (Å²) in [6.45, 7) is 2.53. The highest BCUT2D eigenvalue weighted by Gasteiger charge is 2.35. The fourth-order valence-electron chi connectivity index (χ4n) is 2.36. The molecule has 0 saturated heterocycles. The quantitative estimate of drug-likeness (QED) is 0.225. The smallest absolute Gasteiger partial charge is 0.170 e. The van der Waals surface area contributed by atoms with Crippen LogP contribution < -0.4 is 15.8 Å². The number of amidine groups is 1. The summed E-state index contributed by atoms with van der Waals surface area (Å²) in [6.07, 6.45) is 6.18. The van der Waals surface area contributed by atoms with E-state index in [9.17, 15) is 0 Å². The molecule has 116 valence electrons. The molecule has 1 fully saturated rings. The minimum absolute atomic E-state index is 0.103. The fourth-order valence-corrected chi connectivity index (χ4v) is 3.30. The molecular weight excluding hydrogens is 286 g/mol. The van der Waals surface area contributed by atoms with E-state index in [4.69, 9.17) is 15.7 Å². The molecule has 4 N–H and O–H groups in total. The molecule has 0 spiro atoms. The largest absolute Gasteiger partial charge is 0.492 e. The molecule has 1 aliphatic carbocycles. The normalized spacial score (nSPS) is 17.3. The van der Waals surface area contributed by atoms with Crippen LogP contribution in [0.4, 0.5) is 0 Å². The van der Waals surface area contributed by atoms with Crippen molar-refractivity contribution < 1.29 is 9.94 Å². The summed E-state index contributed by atoms with van der Waals surface area (Å²) in [6, 6.07) is 7.19. The summed E-state index contributed by atoms with van der Waals surface area (Å²) < 4.78 is 6.12. The average Bonchev–Trinajstić information content (AvgIpc) is 2.49. The van der Waals surface area contributed by atoms with Crippen LogP contribution in [0.1, 0.15) is 24.8 Å². The van der Waals surface area contributed by atoms with E-state index in [0.29, 0.717) is 16.9 Å². The summed E-state index contributed by atoms with van der Waals surface area (Å²) in [7, 11) is 0. The number of nitrogens with one attached hydrogen (secondary N) is 1. The number of thioether (sulfide) groups is 1. The minimum atomic E-state index is 0.103. The Labute approximate surface area is 129 Å². The maximum atomic E-state index is 8.59. The van der Waals surface area contributed by atoms with Crippen LogP contribution in [0.15, 0.2) is 29.4 Å². The van der Waals surface area contributed by atoms with Crippen LogP contribution in [0.3, 0.4) is 0 Å². The molecule has 2 rings (SSSR count). The molecule has 0 radical (unpaired) electrons. The Kier molecular flexibility index (Phi) is 5.76. The third-order valence-corrected chi connectivity index (χ3v) is 5.37. The van der Waals surface area contributed by atoms with Crippen LogP contribution >= 0.6 is 11.8 Å². The van der Waals surface area contributed by atoms with Crippen LogP contribution in [0, 0.1) is 0 Å². The molecule has 1 saturated carbocycles. The van der Waals surface area contributed by atoms with Gasteiger partial charge in [-0.05, 0) is 43.4 Å². The highest BCUT2D eigenvalue weighted by Crippen LogP contribution is 2.42. The van der Waals surface area contributed by atoms with Gasteiger partial charge in [0.25, 0.3) is 0 Å². The summed E-state index contributed by atoms with van der Waals surface area (Å²) >= 11 is 1.97.